The van der Waals surface area contributed by atoms with Crippen molar-refractivity contribution in [1.29, 1.82) is 0 Å². The first-order valence-corrected chi connectivity index (χ1v) is 8.62. The molecular weight excluding hydrogens is 356 g/mol. The number of nitrogens with zero attached hydrogens (tertiary/aromatic N) is 3. The van der Waals surface area contributed by atoms with Gasteiger partial charge in [-0.05, 0) is 23.6 Å². The van der Waals surface area contributed by atoms with E-state index in [9.17, 15) is 4.79 Å². The van der Waals surface area contributed by atoms with Crippen molar-refractivity contribution in [3.05, 3.63) is 46.4 Å². The van der Waals surface area contributed by atoms with Gasteiger partial charge in [0.05, 0.1) is 39.8 Å². The summed E-state index contributed by atoms with van der Waals surface area (Å²) in [6.45, 7) is 0.250. The number of amides is 1. The number of methoxy groups -OCH3 is 3. The molecule has 0 aliphatic rings. The number of carbonyl (C=O) groups excluding carboxylic acids is 1. The zero-order chi connectivity index (χ0) is 18.5. The van der Waals surface area contributed by atoms with Crippen LogP contribution in [0.4, 0.5) is 0 Å². The number of nitrogens with one attached hydrogen (secondary N) is 1. The molecule has 0 aliphatic heterocycles. The number of ether oxygens (including phenoxy) is 3. The van der Waals surface area contributed by atoms with Gasteiger partial charge in [-0.15, -0.1) is 5.10 Å². The second-order valence-corrected chi connectivity index (χ2v) is 6.01. The predicted molar refractivity (Wildman–Crippen MR) is 96.5 cm³/mol. The van der Waals surface area contributed by atoms with Gasteiger partial charge in [-0.1, -0.05) is 5.21 Å². The van der Waals surface area contributed by atoms with Crippen molar-refractivity contribution in [3.8, 4) is 22.9 Å². The Morgan fingerprint density at radius 1 is 1.19 bits per heavy atom. The van der Waals surface area contributed by atoms with Crippen molar-refractivity contribution in [1.82, 2.24) is 20.3 Å². The van der Waals surface area contributed by atoms with Crippen LogP contribution in [0.1, 0.15) is 16.1 Å². The van der Waals surface area contributed by atoms with Crippen molar-refractivity contribution >= 4 is 17.2 Å². The van der Waals surface area contributed by atoms with E-state index in [0.717, 1.165) is 5.69 Å². The van der Waals surface area contributed by atoms with Crippen LogP contribution in [0.3, 0.4) is 0 Å². The van der Waals surface area contributed by atoms with E-state index in [1.807, 2.05) is 16.8 Å². The minimum atomic E-state index is -0.283. The Labute approximate surface area is 154 Å². The lowest BCUT2D eigenvalue weighted by Gasteiger charge is -2.13. The zero-order valence-corrected chi connectivity index (χ0v) is 15.4. The Bertz CT molecular complexity index is 867. The molecule has 0 saturated heterocycles. The number of benzene rings is 1. The fourth-order valence-electron chi connectivity index (χ4n) is 2.38. The zero-order valence-electron chi connectivity index (χ0n) is 14.6. The largest absolute Gasteiger partial charge is 0.493 e. The van der Waals surface area contributed by atoms with Crippen LogP contribution in [0.5, 0.6) is 17.2 Å². The van der Waals surface area contributed by atoms with Gasteiger partial charge >= 0.3 is 0 Å². The van der Waals surface area contributed by atoms with E-state index >= 15 is 0 Å². The quantitative estimate of drug-likeness (QED) is 0.683. The van der Waals surface area contributed by atoms with Crippen molar-refractivity contribution in [2.75, 3.05) is 21.3 Å². The molecule has 0 unspecified atom stereocenters. The highest BCUT2D eigenvalue weighted by Gasteiger charge is 2.17. The molecule has 0 radical (unpaired) electrons. The molecule has 0 spiro atoms. The molecule has 2 aromatic heterocycles. The molecule has 1 amide bonds. The lowest BCUT2D eigenvalue weighted by atomic mass is 10.1. The van der Waals surface area contributed by atoms with Gasteiger partial charge in [0.2, 0.25) is 5.75 Å². The highest BCUT2D eigenvalue weighted by atomic mass is 32.1. The van der Waals surface area contributed by atoms with E-state index in [1.54, 1.807) is 34.3 Å². The van der Waals surface area contributed by atoms with E-state index < -0.39 is 0 Å². The third kappa shape index (κ3) is 3.62. The number of aromatic nitrogens is 3. The molecule has 0 saturated carbocycles. The summed E-state index contributed by atoms with van der Waals surface area (Å²) in [5, 5.41) is 14.9. The molecule has 2 heterocycles. The van der Waals surface area contributed by atoms with E-state index in [4.69, 9.17) is 14.2 Å². The number of carbonyl (C=O) groups is 1. The molecule has 0 aliphatic carbocycles. The van der Waals surface area contributed by atoms with Gasteiger partial charge in [-0.2, -0.15) is 11.3 Å². The molecule has 1 N–H and O–H groups in total. The van der Waals surface area contributed by atoms with Gasteiger partial charge in [0.15, 0.2) is 11.5 Å². The summed E-state index contributed by atoms with van der Waals surface area (Å²) in [7, 11) is 4.51. The summed E-state index contributed by atoms with van der Waals surface area (Å²) in [4.78, 5) is 12.5. The Balaban J connectivity index is 1.72. The fourth-order valence-corrected chi connectivity index (χ4v) is 3.00. The topological polar surface area (TPSA) is 87.5 Å². The summed E-state index contributed by atoms with van der Waals surface area (Å²) in [6.07, 6.45) is 1.78. The normalized spacial score (nSPS) is 10.4. The van der Waals surface area contributed by atoms with Crippen LogP contribution in [0.15, 0.2) is 35.2 Å². The smallest absolute Gasteiger partial charge is 0.251 e. The molecule has 0 bridgehead atoms. The monoisotopic (exact) mass is 374 g/mol. The second-order valence-electron chi connectivity index (χ2n) is 5.23. The lowest BCUT2D eigenvalue weighted by molar-refractivity contribution is 0.0949. The lowest BCUT2D eigenvalue weighted by Crippen LogP contribution is -2.23. The minimum absolute atomic E-state index is 0.250. The van der Waals surface area contributed by atoms with Crippen LogP contribution >= 0.6 is 11.3 Å². The van der Waals surface area contributed by atoms with E-state index in [1.165, 1.54) is 21.3 Å². The minimum Gasteiger partial charge on any atom is -0.493 e. The number of hydrogen-bond donors (Lipinski definition) is 1. The van der Waals surface area contributed by atoms with Crippen molar-refractivity contribution in [2.45, 2.75) is 6.54 Å². The van der Waals surface area contributed by atoms with E-state index in [-0.39, 0.29) is 12.5 Å². The van der Waals surface area contributed by atoms with Crippen LogP contribution in [0, 0.1) is 0 Å². The first-order valence-electron chi connectivity index (χ1n) is 7.68. The molecular formula is C17H18N4O4S. The van der Waals surface area contributed by atoms with E-state index in [0.29, 0.717) is 28.5 Å². The van der Waals surface area contributed by atoms with Crippen LogP contribution in [-0.2, 0) is 6.54 Å². The van der Waals surface area contributed by atoms with Gasteiger partial charge in [-0.3, -0.25) is 4.79 Å². The van der Waals surface area contributed by atoms with Gasteiger partial charge in [0, 0.05) is 10.9 Å². The Kier molecular flexibility index (Phi) is 5.37. The third-order valence-electron chi connectivity index (χ3n) is 3.67. The Morgan fingerprint density at radius 3 is 2.50 bits per heavy atom. The summed E-state index contributed by atoms with van der Waals surface area (Å²) in [5.41, 5.74) is 1.98. The fraction of sp³-hybridized carbons (Fsp3) is 0.235. The highest BCUT2D eigenvalue weighted by Crippen LogP contribution is 2.38. The van der Waals surface area contributed by atoms with Crippen LogP contribution < -0.4 is 19.5 Å². The van der Waals surface area contributed by atoms with Crippen molar-refractivity contribution in [3.63, 3.8) is 0 Å². The molecule has 3 aromatic rings. The summed E-state index contributed by atoms with van der Waals surface area (Å²) >= 11 is 1.58. The van der Waals surface area contributed by atoms with Gasteiger partial charge in [0.25, 0.3) is 5.91 Å². The van der Waals surface area contributed by atoms with Crippen LogP contribution in [-0.4, -0.2) is 42.2 Å². The summed E-state index contributed by atoms with van der Waals surface area (Å²) in [6, 6.07) is 5.13. The van der Waals surface area contributed by atoms with Gasteiger partial charge in [-0.25, -0.2) is 4.68 Å². The molecule has 3 rings (SSSR count). The van der Waals surface area contributed by atoms with Crippen LogP contribution in [0.2, 0.25) is 0 Å². The maximum Gasteiger partial charge on any atom is 0.251 e. The molecule has 9 heteroatoms. The average molecular weight is 374 g/mol. The average Bonchev–Trinajstić information content (AvgIpc) is 3.36. The number of rotatable bonds is 7. The predicted octanol–water partition coefficient (Wildman–Crippen LogP) is 2.28. The molecule has 26 heavy (non-hydrogen) atoms. The summed E-state index contributed by atoms with van der Waals surface area (Å²) in [5.74, 6) is 0.986. The van der Waals surface area contributed by atoms with Gasteiger partial charge < -0.3 is 19.5 Å². The van der Waals surface area contributed by atoms with E-state index in [2.05, 4.69) is 15.6 Å². The standard InChI is InChI=1S/C17H18N4O4S/c1-23-14-6-11(7-15(24-2)16(14)25-3)17(22)18-8-12-9-21(20-19-12)13-4-5-26-10-13/h4-7,9-10H,8H2,1-3H3,(H,18,22). The Hall–Kier alpha value is -3.07. The van der Waals surface area contributed by atoms with Gasteiger partial charge in [0.1, 0.15) is 5.69 Å². The molecule has 0 atom stereocenters. The number of hydrogen-bond acceptors (Lipinski definition) is 7. The van der Waals surface area contributed by atoms with Crippen LogP contribution in [0.25, 0.3) is 5.69 Å². The summed E-state index contributed by atoms with van der Waals surface area (Å²) < 4.78 is 17.5. The molecule has 1 aromatic carbocycles. The maximum absolute atomic E-state index is 12.5. The SMILES string of the molecule is COc1cc(C(=O)NCc2cn(-c3ccsc3)nn2)cc(OC)c1OC. The third-order valence-corrected chi connectivity index (χ3v) is 4.34. The van der Waals surface area contributed by atoms with Crippen molar-refractivity contribution in [2.24, 2.45) is 0 Å². The number of thiophene rings is 1. The molecule has 8 nitrogen and oxygen atoms in total. The second kappa shape index (κ2) is 7.87. The highest BCUT2D eigenvalue weighted by molar-refractivity contribution is 7.08. The molecule has 136 valence electrons. The first-order chi connectivity index (χ1) is 12.7. The Morgan fingerprint density at radius 2 is 1.92 bits per heavy atom. The molecule has 0 fully saturated rings. The van der Waals surface area contributed by atoms with Crippen molar-refractivity contribution < 1.29 is 19.0 Å². The first kappa shape index (κ1) is 17.7. The maximum atomic E-state index is 12.5.